The summed E-state index contributed by atoms with van der Waals surface area (Å²) in [6.07, 6.45) is 1.72. The van der Waals surface area contributed by atoms with Gasteiger partial charge in [-0.15, -0.1) is 0 Å². The molecule has 0 aliphatic heterocycles. The van der Waals surface area contributed by atoms with Crippen LogP contribution in [0, 0.1) is 5.41 Å². The molecule has 5 nitrogen and oxygen atoms in total. The van der Waals surface area contributed by atoms with E-state index in [9.17, 15) is 4.79 Å². The summed E-state index contributed by atoms with van der Waals surface area (Å²) in [7, 11) is 0. The molecule has 1 aromatic carbocycles. The number of H-pyrrole nitrogens is 1. The molecule has 18 heavy (non-hydrogen) atoms. The largest absolute Gasteiger partial charge is 0.325 e. The molecule has 2 rings (SSSR count). The fraction of sp³-hybridized carbons (Fsp3) is 0.385. The number of anilines is 1. The van der Waals surface area contributed by atoms with E-state index in [0.29, 0.717) is 0 Å². The third-order valence-electron chi connectivity index (χ3n) is 2.92. The summed E-state index contributed by atoms with van der Waals surface area (Å²) in [6.45, 7) is 5.82. The maximum absolute atomic E-state index is 12.0. The molecule has 0 aliphatic rings. The highest BCUT2D eigenvalue weighted by Gasteiger charge is 2.27. The van der Waals surface area contributed by atoms with E-state index in [-0.39, 0.29) is 11.3 Å². The highest BCUT2D eigenvalue weighted by atomic mass is 16.2. The van der Waals surface area contributed by atoms with Crippen LogP contribution in [0.1, 0.15) is 20.8 Å². The van der Waals surface area contributed by atoms with Gasteiger partial charge >= 0.3 is 0 Å². The van der Waals surface area contributed by atoms with E-state index in [4.69, 9.17) is 5.73 Å². The highest BCUT2D eigenvalue weighted by molar-refractivity contribution is 5.97. The van der Waals surface area contributed by atoms with E-state index in [1.54, 1.807) is 6.20 Å². The lowest BCUT2D eigenvalue weighted by atomic mass is 9.87. The van der Waals surface area contributed by atoms with E-state index in [1.807, 2.05) is 39.0 Å². The van der Waals surface area contributed by atoms with Crippen molar-refractivity contribution in [1.82, 2.24) is 10.2 Å². The molecule has 1 heterocycles. The average Bonchev–Trinajstić information content (AvgIpc) is 2.73. The van der Waals surface area contributed by atoms with Crippen molar-refractivity contribution in [2.24, 2.45) is 11.1 Å². The molecule has 1 aromatic heterocycles. The Hall–Kier alpha value is -1.88. The third kappa shape index (κ3) is 2.51. The van der Waals surface area contributed by atoms with E-state index in [2.05, 4.69) is 15.5 Å². The van der Waals surface area contributed by atoms with Crippen LogP contribution in [-0.4, -0.2) is 22.1 Å². The number of nitrogens with one attached hydrogen (secondary N) is 2. The van der Waals surface area contributed by atoms with Crippen LogP contribution >= 0.6 is 0 Å². The lowest BCUT2D eigenvalue weighted by Crippen LogP contribution is -2.45. The predicted molar refractivity (Wildman–Crippen MR) is 72.2 cm³/mol. The van der Waals surface area contributed by atoms with Crippen LogP contribution in [0.5, 0.6) is 0 Å². The number of nitrogens with zero attached hydrogens (tertiary/aromatic N) is 1. The van der Waals surface area contributed by atoms with Gasteiger partial charge in [-0.2, -0.15) is 5.10 Å². The lowest BCUT2D eigenvalue weighted by Gasteiger charge is -2.25. The standard InChI is InChI=1S/C13H18N4O/c1-13(2,3)11(14)12(18)16-9-4-5-10-8(6-9)7-15-17-10/h4-7,11H,14H2,1-3H3,(H,15,17)(H,16,18)/t11-/m0/s1. The second kappa shape index (κ2) is 4.42. The van der Waals surface area contributed by atoms with Crippen molar-refractivity contribution < 1.29 is 4.79 Å². The van der Waals surface area contributed by atoms with Crippen LogP contribution in [0.15, 0.2) is 24.4 Å². The van der Waals surface area contributed by atoms with Gasteiger partial charge in [0.15, 0.2) is 0 Å². The third-order valence-corrected chi connectivity index (χ3v) is 2.92. The van der Waals surface area contributed by atoms with Crippen molar-refractivity contribution in [2.75, 3.05) is 5.32 Å². The summed E-state index contributed by atoms with van der Waals surface area (Å²) in [5.74, 6) is -0.176. The minimum absolute atomic E-state index is 0.176. The SMILES string of the molecule is CC(C)(C)[C@@H](N)C(=O)Nc1ccc2[nH]ncc2c1. The van der Waals surface area contributed by atoms with E-state index in [0.717, 1.165) is 16.6 Å². The Morgan fingerprint density at radius 3 is 2.83 bits per heavy atom. The molecular weight excluding hydrogens is 228 g/mol. The first kappa shape index (κ1) is 12.6. The van der Waals surface area contributed by atoms with Crippen LogP contribution in [0.25, 0.3) is 10.9 Å². The first-order valence-corrected chi connectivity index (χ1v) is 5.87. The van der Waals surface area contributed by atoms with Crippen LogP contribution in [0.2, 0.25) is 0 Å². The number of aromatic amines is 1. The molecule has 96 valence electrons. The smallest absolute Gasteiger partial charge is 0.241 e. The Morgan fingerprint density at radius 1 is 1.44 bits per heavy atom. The van der Waals surface area contributed by atoms with Gasteiger partial charge in [0, 0.05) is 11.1 Å². The zero-order valence-corrected chi connectivity index (χ0v) is 10.8. The summed E-state index contributed by atoms with van der Waals surface area (Å²) in [6, 6.07) is 5.03. The van der Waals surface area contributed by atoms with E-state index in [1.165, 1.54) is 0 Å². The number of hydrogen-bond donors (Lipinski definition) is 3. The van der Waals surface area contributed by atoms with Gasteiger partial charge in [-0.3, -0.25) is 9.89 Å². The molecule has 1 atom stereocenters. The van der Waals surface area contributed by atoms with E-state index < -0.39 is 6.04 Å². The molecule has 0 saturated heterocycles. The van der Waals surface area contributed by atoms with Gasteiger partial charge in [-0.1, -0.05) is 20.8 Å². The van der Waals surface area contributed by atoms with Crippen molar-refractivity contribution in [1.29, 1.82) is 0 Å². The van der Waals surface area contributed by atoms with Crippen molar-refractivity contribution >= 4 is 22.5 Å². The average molecular weight is 246 g/mol. The first-order chi connectivity index (χ1) is 8.38. The zero-order chi connectivity index (χ0) is 13.3. The van der Waals surface area contributed by atoms with Gasteiger partial charge in [0.05, 0.1) is 17.8 Å². The van der Waals surface area contributed by atoms with Crippen LogP contribution in [0.4, 0.5) is 5.69 Å². The van der Waals surface area contributed by atoms with Gasteiger partial charge in [-0.05, 0) is 23.6 Å². The highest BCUT2D eigenvalue weighted by Crippen LogP contribution is 2.20. The minimum Gasteiger partial charge on any atom is -0.325 e. The minimum atomic E-state index is -0.544. The number of amides is 1. The topological polar surface area (TPSA) is 83.8 Å². The molecule has 0 spiro atoms. The summed E-state index contributed by atoms with van der Waals surface area (Å²) in [5, 5.41) is 10.6. The first-order valence-electron chi connectivity index (χ1n) is 5.87. The second-order valence-electron chi connectivity index (χ2n) is 5.50. The number of carbonyl (C=O) groups is 1. The monoisotopic (exact) mass is 246 g/mol. The summed E-state index contributed by atoms with van der Waals surface area (Å²) < 4.78 is 0. The molecule has 0 fully saturated rings. The fourth-order valence-corrected chi connectivity index (χ4v) is 1.63. The molecule has 4 N–H and O–H groups in total. The predicted octanol–water partition coefficient (Wildman–Crippen LogP) is 1.87. The van der Waals surface area contributed by atoms with Crippen molar-refractivity contribution in [2.45, 2.75) is 26.8 Å². The maximum Gasteiger partial charge on any atom is 0.241 e. The van der Waals surface area contributed by atoms with E-state index >= 15 is 0 Å². The number of hydrogen-bond acceptors (Lipinski definition) is 3. The molecule has 5 heteroatoms. The Labute approximate surface area is 106 Å². The Bertz CT molecular complexity index is 568. The zero-order valence-electron chi connectivity index (χ0n) is 10.8. The number of benzene rings is 1. The van der Waals surface area contributed by atoms with Crippen molar-refractivity contribution in [3.63, 3.8) is 0 Å². The Balaban J connectivity index is 2.16. The van der Waals surface area contributed by atoms with Gasteiger partial charge < -0.3 is 11.1 Å². The van der Waals surface area contributed by atoms with Gasteiger partial charge in [0.25, 0.3) is 0 Å². The molecule has 2 aromatic rings. The summed E-state index contributed by atoms with van der Waals surface area (Å²) in [5.41, 5.74) is 7.31. The van der Waals surface area contributed by atoms with Crippen molar-refractivity contribution in [3.05, 3.63) is 24.4 Å². The maximum atomic E-state index is 12.0. The number of fused-ring (bicyclic) bond motifs is 1. The molecule has 0 saturated carbocycles. The summed E-state index contributed by atoms with van der Waals surface area (Å²) >= 11 is 0. The molecule has 0 radical (unpaired) electrons. The lowest BCUT2D eigenvalue weighted by molar-refractivity contribution is -0.119. The molecular formula is C13H18N4O. The number of nitrogens with two attached hydrogens (primary N) is 1. The second-order valence-corrected chi connectivity index (χ2v) is 5.50. The summed E-state index contributed by atoms with van der Waals surface area (Å²) in [4.78, 5) is 12.0. The van der Waals surface area contributed by atoms with Crippen LogP contribution in [0.3, 0.4) is 0 Å². The normalized spacial score (nSPS) is 13.6. The Morgan fingerprint density at radius 2 is 2.17 bits per heavy atom. The van der Waals surface area contributed by atoms with Crippen molar-refractivity contribution in [3.8, 4) is 0 Å². The Kier molecular flexibility index (Phi) is 3.09. The van der Waals surface area contributed by atoms with Crippen LogP contribution in [-0.2, 0) is 4.79 Å². The van der Waals surface area contributed by atoms with Gasteiger partial charge in [0.1, 0.15) is 0 Å². The van der Waals surface area contributed by atoms with Gasteiger partial charge in [0.2, 0.25) is 5.91 Å². The fourth-order valence-electron chi connectivity index (χ4n) is 1.63. The van der Waals surface area contributed by atoms with Gasteiger partial charge in [-0.25, -0.2) is 0 Å². The number of rotatable bonds is 2. The molecule has 1 amide bonds. The molecule has 0 bridgehead atoms. The molecule has 0 unspecified atom stereocenters. The van der Waals surface area contributed by atoms with Crippen LogP contribution < -0.4 is 11.1 Å². The quantitative estimate of drug-likeness (QED) is 0.756. The number of aromatic nitrogens is 2. The number of carbonyl (C=O) groups excluding carboxylic acids is 1. The molecule has 0 aliphatic carbocycles.